The first kappa shape index (κ1) is 15.4. The zero-order chi connectivity index (χ0) is 15.6. The molecule has 0 saturated heterocycles. The van der Waals surface area contributed by atoms with Gasteiger partial charge < -0.3 is 5.32 Å². The highest BCUT2D eigenvalue weighted by Gasteiger charge is 2.16. The van der Waals surface area contributed by atoms with Gasteiger partial charge in [-0.2, -0.15) is 4.39 Å². The third-order valence-corrected chi connectivity index (χ3v) is 4.00. The fraction of sp³-hybridized carbons (Fsp3) is 0.0714. The number of carbonyl (C=O) groups is 1. The summed E-state index contributed by atoms with van der Waals surface area (Å²) in [5.74, 6) is -1.56. The number of rotatable bonds is 3. The van der Waals surface area contributed by atoms with Crippen molar-refractivity contribution in [2.45, 2.75) is 6.92 Å². The second-order valence-corrected chi connectivity index (χ2v) is 5.50. The molecular weight excluding hydrogens is 390 g/mol. The molecule has 1 amide bonds. The summed E-state index contributed by atoms with van der Waals surface area (Å²) in [6.45, 7) is 1.94. The molecule has 0 aliphatic carbocycles. The van der Waals surface area contributed by atoms with Crippen molar-refractivity contribution in [1.29, 1.82) is 0 Å². The van der Waals surface area contributed by atoms with Crippen LogP contribution in [0.2, 0.25) is 0 Å². The third-order valence-electron chi connectivity index (χ3n) is 2.84. The SMILES string of the molecule is Cc1ccc(NC(=O)c2ccc([N+](=O)[O-])c(F)c2)cc1I. The lowest BCUT2D eigenvalue weighted by molar-refractivity contribution is -0.387. The molecular formula is C14H10FIN2O3. The summed E-state index contributed by atoms with van der Waals surface area (Å²) in [5, 5.41) is 13.1. The monoisotopic (exact) mass is 400 g/mol. The van der Waals surface area contributed by atoms with Crippen molar-refractivity contribution >= 4 is 39.9 Å². The number of amides is 1. The first-order valence-corrected chi connectivity index (χ1v) is 6.98. The average Bonchev–Trinajstić information content (AvgIpc) is 2.42. The van der Waals surface area contributed by atoms with Gasteiger partial charge in [0.2, 0.25) is 5.82 Å². The van der Waals surface area contributed by atoms with Crippen LogP contribution in [0, 0.1) is 26.4 Å². The number of nitrogens with one attached hydrogen (secondary N) is 1. The molecule has 0 bridgehead atoms. The molecule has 0 unspecified atom stereocenters. The van der Waals surface area contributed by atoms with Crippen molar-refractivity contribution in [1.82, 2.24) is 0 Å². The van der Waals surface area contributed by atoms with Crippen LogP contribution in [0.1, 0.15) is 15.9 Å². The summed E-state index contributed by atoms with van der Waals surface area (Å²) < 4.78 is 14.5. The molecule has 108 valence electrons. The second-order valence-electron chi connectivity index (χ2n) is 4.34. The smallest absolute Gasteiger partial charge is 0.304 e. The van der Waals surface area contributed by atoms with Gasteiger partial charge in [-0.05, 0) is 59.3 Å². The lowest BCUT2D eigenvalue weighted by atomic mass is 10.1. The zero-order valence-corrected chi connectivity index (χ0v) is 13.0. The van der Waals surface area contributed by atoms with Crippen LogP contribution < -0.4 is 5.32 Å². The minimum Gasteiger partial charge on any atom is -0.322 e. The van der Waals surface area contributed by atoms with Crippen molar-refractivity contribution in [3.63, 3.8) is 0 Å². The minimum absolute atomic E-state index is 0.0219. The summed E-state index contributed by atoms with van der Waals surface area (Å²) in [7, 11) is 0. The summed E-state index contributed by atoms with van der Waals surface area (Å²) in [5.41, 5.74) is 1.02. The average molecular weight is 400 g/mol. The Morgan fingerprint density at radius 1 is 1.29 bits per heavy atom. The van der Waals surface area contributed by atoms with Gasteiger partial charge in [-0.15, -0.1) is 0 Å². The third kappa shape index (κ3) is 3.54. The topological polar surface area (TPSA) is 72.2 Å². The van der Waals surface area contributed by atoms with E-state index >= 15 is 0 Å². The molecule has 21 heavy (non-hydrogen) atoms. The van der Waals surface area contributed by atoms with Crippen LogP contribution in [0.25, 0.3) is 0 Å². The van der Waals surface area contributed by atoms with Crippen LogP contribution in [0.5, 0.6) is 0 Å². The molecule has 0 radical (unpaired) electrons. The Hall–Kier alpha value is -2.03. The second kappa shape index (κ2) is 6.17. The Morgan fingerprint density at radius 2 is 2.00 bits per heavy atom. The summed E-state index contributed by atoms with van der Waals surface area (Å²) >= 11 is 2.14. The summed E-state index contributed by atoms with van der Waals surface area (Å²) in [4.78, 5) is 21.7. The summed E-state index contributed by atoms with van der Waals surface area (Å²) in [6, 6.07) is 8.42. The largest absolute Gasteiger partial charge is 0.322 e. The molecule has 0 heterocycles. The van der Waals surface area contributed by atoms with E-state index in [2.05, 4.69) is 27.9 Å². The molecule has 2 aromatic carbocycles. The Balaban J connectivity index is 2.22. The molecule has 0 saturated carbocycles. The summed E-state index contributed by atoms with van der Waals surface area (Å²) in [6.07, 6.45) is 0. The van der Waals surface area contributed by atoms with Crippen molar-refractivity contribution in [2.75, 3.05) is 5.32 Å². The highest BCUT2D eigenvalue weighted by Crippen LogP contribution is 2.20. The molecule has 7 heteroatoms. The number of hydrogen-bond acceptors (Lipinski definition) is 3. The van der Waals surface area contributed by atoms with Crippen LogP contribution in [-0.2, 0) is 0 Å². The van der Waals surface area contributed by atoms with E-state index in [-0.39, 0.29) is 5.56 Å². The molecule has 2 rings (SSSR count). The van der Waals surface area contributed by atoms with E-state index < -0.39 is 22.3 Å². The van der Waals surface area contributed by atoms with Gasteiger partial charge in [-0.25, -0.2) is 0 Å². The predicted molar refractivity (Wildman–Crippen MR) is 84.9 cm³/mol. The lowest BCUT2D eigenvalue weighted by Gasteiger charge is -2.07. The Morgan fingerprint density at radius 3 is 2.57 bits per heavy atom. The van der Waals surface area contributed by atoms with Crippen LogP contribution in [0.15, 0.2) is 36.4 Å². The molecule has 0 aliphatic rings. The zero-order valence-electron chi connectivity index (χ0n) is 10.9. The number of benzene rings is 2. The van der Waals surface area contributed by atoms with E-state index in [4.69, 9.17) is 0 Å². The van der Waals surface area contributed by atoms with E-state index in [9.17, 15) is 19.3 Å². The highest BCUT2D eigenvalue weighted by molar-refractivity contribution is 14.1. The number of nitro benzene ring substituents is 1. The number of nitrogens with zero attached hydrogens (tertiary/aromatic N) is 1. The standard InChI is InChI=1S/C14H10FIN2O3/c1-8-2-4-10(7-12(8)16)17-14(19)9-3-5-13(18(20)21)11(15)6-9/h2-7H,1H3,(H,17,19). The Kier molecular flexibility index (Phi) is 4.51. The maximum atomic E-state index is 13.5. The lowest BCUT2D eigenvalue weighted by Crippen LogP contribution is -2.12. The number of carbonyl (C=O) groups excluding carboxylic acids is 1. The van der Waals surface area contributed by atoms with Gasteiger partial charge in [0.15, 0.2) is 0 Å². The molecule has 0 atom stereocenters. The van der Waals surface area contributed by atoms with Crippen LogP contribution >= 0.6 is 22.6 Å². The van der Waals surface area contributed by atoms with Gasteiger partial charge in [-0.1, -0.05) is 6.07 Å². The van der Waals surface area contributed by atoms with Crippen molar-refractivity contribution in [2.24, 2.45) is 0 Å². The molecule has 0 aliphatic heterocycles. The number of anilines is 1. The number of nitro groups is 1. The van der Waals surface area contributed by atoms with E-state index in [0.717, 1.165) is 21.3 Å². The molecule has 0 fully saturated rings. The predicted octanol–water partition coefficient (Wildman–Crippen LogP) is 3.90. The van der Waals surface area contributed by atoms with Gasteiger partial charge in [0.05, 0.1) is 4.92 Å². The number of halogens is 2. The fourth-order valence-electron chi connectivity index (χ4n) is 1.67. The van der Waals surface area contributed by atoms with Crippen molar-refractivity contribution < 1.29 is 14.1 Å². The van der Waals surface area contributed by atoms with Crippen LogP contribution in [0.3, 0.4) is 0 Å². The fourth-order valence-corrected chi connectivity index (χ4v) is 2.19. The van der Waals surface area contributed by atoms with E-state index in [1.165, 1.54) is 6.07 Å². The maximum absolute atomic E-state index is 13.5. The van der Waals surface area contributed by atoms with E-state index in [0.29, 0.717) is 5.69 Å². The van der Waals surface area contributed by atoms with Crippen LogP contribution in [-0.4, -0.2) is 10.8 Å². The van der Waals surface area contributed by atoms with Gasteiger partial charge in [0, 0.05) is 20.9 Å². The first-order chi connectivity index (χ1) is 9.88. The normalized spacial score (nSPS) is 10.2. The van der Waals surface area contributed by atoms with Gasteiger partial charge in [0.25, 0.3) is 5.91 Å². The van der Waals surface area contributed by atoms with Gasteiger partial charge in [-0.3, -0.25) is 14.9 Å². The number of aryl methyl sites for hydroxylation is 1. The van der Waals surface area contributed by atoms with E-state index in [1.54, 1.807) is 12.1 Å². The van der Waals surface area contributed by atoms with Crippen molar-refractivity contribution in [3.05, 3.63) is 67.0 Å². The Bertz CT molecular complexity index is 734. The molecule has 0 aromatic heterocycles. The van der Waals surface area contributed by atoms with Crippen molar-refractivity contribution in [3.8, 4) is 0 Å². The quantitative estimate of drug-likeness (QED) is 0.483. The highest BCUT2D eigenvalue weighted by atomic mass is 127. The first-order valence-electron chi connectivity index (χ1n) is 5.90. The molecule has 2 aromatic rings. The Labute approximate surface area is 133 Å². The molecule has 5 nitrogen and oxygen atoms in total. The molecule has 0 spiro atoms. The molecule has 1 N–H and O–H groups in total. The van der Waals surface area contributed by atoms with Gasteiger partial charge in [0.1, 0.15) is 0 Å². The minimum atomic E-state index is -1.04. The van der Waals surface area contributed by atoms with E-state index in [1.807, 2.05) is 13.0 Å². The number of hydrogen-bond donors (Lipinski definition) is 1. The van der Waals surface area contributed by atoms with Crippen LogP contribution in [0.4, 0.5) is 15.8 Å². The maximum Gasteiger partial charge on any atom is 0.304 e. The van der Waals surface area contributed by atoms with Gasteiger partial charge >= 0.3 is 5.69 Å².